The molecule has 0 aliphatic carbocycles. The fraction of sp³-hybridized carbons (Fsp3) is 0.925. The molecule has 0 N–H and O–H groups in total. The van der Waals surface area contributed by atoms with Crippen molar-refractivity contribution in [1.82, 2.24) is 0 Å². The maximum absolute atomic E-state index is 11.8. The van der Waals surface area contributed by atoms with E-state index in [0.717, 1.165) is 51.4 Å². The summed E-state index contributed by atoms with van der Waals surface area (Å²) in [4.78, 5) is 34.4. The minimum Gasteiger partial charge on any atom is -0.465 e. The van der Waals surface area contributed by atoms with Gasteiger partial charge < -0.3 is 14.2 Å². The number of ether oxygens (including phenoxy) is 3. The summed E-state index contributed by atoms with van der Waals surface area (Å²) in [6.07, 6.45) is 29.9. The van der Waals surface area contributed by atoms with E-state index in [2.05, 4.69) is 20.8 Å². The Balaban J connectivity index is 0. The van der Waals surface area contributed by atoms with E-state index in [9.17, 15) is 14.4 Å². The lowest BCUT2D eigenvalue weighted by molar-refractivity contribution is -0.148. The van der Waals surface area contributed by atoms with E-state index in [0.29, 0.717) is 31.8 Å². The van der Waals surface area contributed by atoms with E-state index in [1.54, 1.807) is 0 Å². The highest BCUT2D eigenvalue weighted by Crippen LogP contribution is 2.15. The molecule has 0 aromatic heterocycles. The Morgan fingerprint density at radius 3 is 1.09 bits per heavy atom. The van der Waals surface area contributed by atoms with Gasteiger partial charge in [0.25, 0.3) is 0 Å². The third-order valence-corrected chi connectivity index (χ3v) is 8.25. The lowest BCUT2D eigenvalue weighted by Gasteiger charge is -2.14. The monoisotopic (exact) mass is 655 g/mol. The second kappa shape index (κ2) is 36.2. The van der Waals surface area contributed by atoms with E-state index < -0.39 is 0 Å². The van der Waals surface area contributed by atoms with Gasteiger partial charge in [-0.3, -0.25) is 14.4 Å². The lowest BCUT2D eigenvalue weighted by Crippen LogP contribution is -2.13. The molecule has 0 saturated heterocycles. The van der Waals surface area contributed by atoms with Gasteiger partial charge in [0.15, 0.2) is 0 Å². The summed E-state index contributed by atoms with van der Waals surface area (Å²) in [5.41, 5.74) is 0. The van der Waals surface area contributed by atoms with Gasteiger partial charge in [-0.1, -0.05) is 143 Å². The average Bonchev–Trinajstić information content (AvgIpc) is 3.00. The Morgan fingerprint density at radius 1 is 0.435 bits per heavy atom. The number of carbonyl (C=O) groups is 3. The van der Waals surface area contributed by atoms with Gasteiger partial charge in [-0.2, -0.15) is 0 Å². The molecule has 1 unspecified atom stereocenters. The normalized spacial score (nSPS) is 11.7. The Morgan fingerprint density at radius 2 is 0.761 bits per heavy atom. The summed E-state index contributed by atoms with van der Waals surface area (Å²) in [6, 6.07) is 0. The first kappa shape index (κ1) is 46.5. The summed E-state index contributed by atoms with van der Waals surface area (Å²) in [5.74, 6) is 0.376. The predicted molar refractivity (Wildman–Crippen MR) is 194 cm³/mol. The minimum absolute atomic E-state index is 0.0167. The number of rotatable bonds is 31. The van der Waals surface area contributed by atoms with Crippen molar-refractivity contribution in [2.24, 2.45) is 5.92 Å². The van der Waals surface area contributed by atoms with Crippen molar-refractivity contribution in [2.75, 3.05) is 6.61 Å². The third kappa shape index (κ3) is 38.6. The van der Waals surface area contributed by atoms with Crippen LogP contribution >= 0.6 is 0 Å². The van der Waals surface area contributed by atoms with E-state index in [-0.39, 0.29) is 30.1 Å². The van der Waals surface area contributed by atoms with Crippen LogP contribution in [0.4, 0.5) is 0 Å². The molecule has 0 bridgehead atoms. The Labute approximate surface area is 286 Å². The van der Waals surface area contributed by atoms with Crippen molar-refractivity contribution in [1.29, 1.82) is 0 Å². The standard InChI is InChI=1S/C24H48O2.C16H30O4/c1-4-7-9-10-11-12-13-14-15-16-17-18-19-21-24(25)26-22-23(6-3)20-8-5-2;1-13(2)19-15(17)11-9-7-5-6-8-10-12-16(18)20-14(3)4/h23H,4-22H2,1-3H3;13-14H,5-12H2,1-4H3. The van der Waals surface area contributed by atoms with E-state index >= 15 is 0 Å². The molecular weight excluding hydrogens is 576 g/mol. The Kier molecular flexibility index (Phi) is 36.7. The molecule has 0 aliphatic rings. The molecule has 0 heterocycles. The second-order valence-corrected chi connectivity index (χ2v) is 13.8. The van der Waals surface area contributed by atoms with Crippen LogP contribution in [-0.2, 0) is 28.6 Å². The van der Waals surface area contributed by atoms with Crippen LogP contribution in [0.3, 0.4) is 0 Å². The van der Waals surface area contributed by atoms with Crippen LogP contribution in [0.15, 0.2) is 0 Å². The molecule has 0 aliphatic heterocycles. The lowest BCUT2D eigenvalue weighted by atomic mass is 10.0. The molecule has 1 atom stereocenters. The first-order valence-electron chi connectivity index (χ1n) is 19.7. The highest BCUT2D eigenvalue weighted by atomic mass is 16.5. The van der Waals surface area contributed by atoms with Gasteiger partial charge in [0.05, 0.1) is 18.8 Å². The molecule has 0 saturated carbocycles. The fourth-order valence-corrected chi connectivity index (χ4v) is 5.36. The van der Waals surface area contributed by atoms with Crippen LogP contribution < -0.4 is 0 Å². The smallest absolute Gasteiger partial charge is 0.306 e. The molecule has 46 heavy (non-hydrogen) atoms. The van der Waals surface area contributed by atoms with Crippen LogP contribution in [-0.4, -0.2) is 36.7 Å². The third-order valence-electron chi connectivity index (χ3n) is 8.25. The molecule has 0 aromatic carbocycles. The van der Waals surface area contributed by atoms with Crippen LogP contribution in [0.1, 0.15) is 215 Å². The number of hydrogen-bond donors (Lipinski definition) is 0. The largest absolute Gasteiger partial charge is 0.465 e. The van der Waals surface area contributed by atoms with Crippen molar-refractivity contribution < 1.29 is 28.6 Å². The maximum atomic E-state index is 11.8. The highest BCUT2D eigenvalue weighted by Gasteiger charge is 2.10. The second-order valence-electron chi connectivity index (χ2n) is 13.8. The van der Waals surface area contributed by atoms with E-state index in [1.807, 2.05) is 27.7 Å². The topological polar surface area (TPSA) is 78.9 Å². The average molecular weight is 655 g/mol. The van der Waals surface area contributed by atoms with Crippen LogP contribution in [0.2, 0.25) is 0 Å². The number of hydrogen-bond acceptors (Lipinski definition) is 6. The number of esters is 3. The number of unbranched alkanes of at least 4 members (excludes halogenated alkanes) is 18. The van der Waals surface area contributed by atoms with Crippen LogP contribution in [0, 0.1) is 5.92 Å². The summed E-state index contributed by atoms with van der Waals surface area (Å²) in [6.45, 7) is 14.8. The SMILES string of the molecule is CC(C)OC(=O)CCCCCCCCC(=O)OC(C)C.CCCCCCCCCCCCCCCC(=O)OCC(CC)CCCC. The molecule has 6 nitrogen and oxygen atoms in total. The van der Waals surface area contributed by atoms with E-state index in [1.165, 1.54) is 96.3 Å². The minimum atomic E-state index is -0.101. The highest BCUT2D eigenvalue weighted by molar-refractivity contribution is 5.70. The van der Waals surface area contributed by atoms with Gasteiger partial charge in [0, 0.05) is 19.3 Å². The molecule has 0 amide bonds. The summed E-state index contributed by atoms with van der Waals surface area (Å²) >= 11 is 0. The summed E-state index contributed by atoms with van der Waals surface area (Å²) < 4.78 is 15.6. The first-order chi connectivity index (χ1) is 22.2. The molecule has 0 radical (unpaired) electrons. The Hall–Kier alpha value is -1.59. The predicted octanol–water partition coefficient (Wildman–Crippen LogP) is 12.2. The molecule has 6 heteroatoms. The van der Waals surface area contributed by atoms with Gasteiger partial charge in [0.1, 0.15) is 0 Å². The van der Waals surface area contributed by atoms with Crippen LogP contribution in [0.5, 0.6) is 0 Å². The quantitative estimate of drug-likeness (QED) is 0.0420. The van der Waals surface area contributed by atoms with Crippen molar-refractivity contribution in [3.63, 3.8) is 0 Å². The molecule has 0 spiro atoms. The van der Waals surface area contributed by atoms with Gasteiger partial charge in [-0.25, -0.2) is 0 Å². The van der Waals surface area contributed by atoms with Gasteiger partial charge in [-0.15, -0.1) is 0 Å². The molecular formula is C40H78O6. The first-order valence-corrected chi connectivity index (χ1v) is 19.7. The van der Waals surface area contributed by atoms with Crippen LogP contribution in [0.25, 0.3) is 0 Å². The van der Waals surface area contributed by atoms with Gasteiger partial charge in [-0.05, 0) is 59.3 Å². The maximum Gasteiger partial charge on any atom is 0.306 e. The van der Waals surface area contributed by atoms with Gasteiger partial charge >= 0.3 is 17.9 Å². The summed E-state index contributed by atoms with van der Waals surface area (Å²) in [7, 11) is 0. The molecule has 0 rings (SSSR count). The van der Waals surface area contributed by atoms with Crippen molar-refractivity contribution in [3.8, 4) is 0 Å². The Bertz CT molecular complexity index is 647. The van der Waals surface area contributed by atoms with Crippen molar-refractivity contribution in [3.05, 3.63) is 0 Å². The fourth-order valence-electron chi connectivity index (χ4n) is 5.36. The van der Waals surface area contributed by atoms with Crippen molar-refractivity contribution in [2.45, 2.75) is 228 Å². The molecule has 0 aromatic rings. The summed E-state index contributed by atoms with van der Waals surface area (Å²) in [5, 5.41) is 0. The van der Waals surface area contributed by atoms with Gasteiger partial charge in [0.2, 0.25) is 0 Å². The van der Waals surface area contributed by atoms with E-state index in [4.69, 9.17) is 14.2 Å². The van der Waals surface area contributed by atoms with Crippen molar-refractivity contribution >= 4 is 17.9 Å². The zero-order chi connectivity index (χ0) is 34.7. The number of carbonyl (C=O) groups excluding carboxylic acids is 3. The zero-order valence-corrected chi connectivity index (χ0v) is 31.8. The molecule has 274 valence electrons. The molecule has 0 fully saturated rings. The zero-order valence-electron chi connectivity index (χ0n) is 31.8.